The summed E-state index contributed by atoms with van der Waals surface area (Å²) in [5.41, 5.74) is -1.38. The summed E-state index contributed by atoms with van der Waals surface area (Å²) in [6, 6.07) is 3.20. The van der Waals surface area contributed by atoms with Crippen molar-refractivity contribution >= 4 is 40.8 Å². The summed E-state index contributed by atoms with van der Waals surface area (Å²) in [7, 11) is 0. The number of carbonyl (C=O) groups is 3. The summed E-state index contributed by atoms with van der Waals surface area (Å²) < 4.78 is 0. The topological polar surface area (TPSA) is 122 Å². The van der Waals surface area contributed by atoms with Crippen LogP contribution >= 0.6 is 11.6 Å². The molecule has 3 rings (SSSR count). The van der Waals surface area contributed by atoms with Crippen molar-refractivity contribution in [2.75, 3.05) is 11.9 Å². The summed E-state index contributed by atoms with van der Waals surface area (Å²) in [6.07, 6.45) is 3.18. The minimum Gasteiger partial charge on any atom is -0.323 e. The Morgan fingerprint density at radius 3 is 2.85 bits per heavy atom. The molecule has 0 unspecified atom stereocenters. The highest BCUT2D eigenvalue weighted by Crippen LogP contribution is 2.38. The third-order valence-electron chi connectivity index (χ3n) is 5.23. The molecule has 144 valence electrons. The van der Waals surface area contributed by atoms with Gasteiger partial charge in [0.2, 0.25) is 5.91 Å². The summed E-state index contributed by atoms with van der Waals surface area (Å²) in [5, 5.41) is 16.4. The number of amides is 4. The standard InChI is InChI=1S/C17H19ClN4O5/c1-10-4-2-3-7-17(10)15(24)21(16(25)20-17)9-14(23)19-12-6-5-11(18)8-13(12)22(26)27/h5-6,8,10H,2-4,7,9H2,1H3,(H,19,23)(H,20,25)/t10-,17+/m0/s1. The normalized spacial score (nSPS) is 24.8. The molecular formula is C17H19ClN4O5. The number of rotatable bonds is 4. The maximum Gasteiger partial charge on any atom is 0.325 e. The number of imide groups is 1. The van der Waals surface area contributed by atoms with Crippen LogP contribution in [0.15, 0.2) is 18.2 Å². The van der Waals surface area contributed by atoms with E-state index in [9.17, 15) is 24.5 Å². The SMILES string of the molecule is C[C@H]1CCCC[C@@]12NC(=O)N(CC(=O)Nc1ccc(Cl)cc1[N+](=O)[O-])C2=O. The molecule has 27 heavy (non-hydrogen) atoms. The first-order valence-electron chi connectivity index (χ1n) is 8.62. The smallest absolute Gasteiger partial charge is 0.323 e. The zero-order valence-corrected chi connectivity index (χ0v) is 15.4. The molecule has 2 fully saturated rings. The molecule has 4 amide bonds. The number of benzene rings is 1. The van der Waals surface area contributed by atoms with Gasteiger partial charge in [0.25, 0.3) is 11.6 Å². The molecular weight excluding hydrogens is 376 g/mol. The number of anilines is 1. The Morgan fingerprint density at radius 2 is 2.19 bits per heavy atom. The molecule has 1 aliphatic carbocycles. The second kappa shape index (κ2) is 7.15. The fourth-order valence-corrected chi connectivity index (χ4v) is 3.90. The van der Waals surface area contributed by atoms with Crippen LogP contribution in [0.25, 0.3) is 0 Å². The predicted molar refractivity (Wildman–Crippen MR) is 97.3 cm³/mol. The number of halogens is 1. The molecule has 1 aromatic carbocycles. The first-order chi connectivity index (χ1) is 12.7. The van der Waals surface area contributed by atoms with Gasteiger partial charge in [-0.15, -0.1) is 0 Å². The van der Waals surface area contributed by atoms with Gasteiger partial charge in [-0.25, -0.2) is 4.79 Å². The van der Waals surface area contributed by atoms with Crippen molar-refractivity contribution in [1.29, 1.82) is 0 Å². The molecule has 10 heteroatoms. The highest BCUT2D eigenvalue weighted by Gasteiger charge is 2.55. The van der Waals surface area contributed by atoms with Gasteiger partial charge in [-0.05, 0) is 30.9 Å². The van der Waals surface area contributed by atoms with E-state index < -0.39 is 34.9 Å². The van der Waals surface area contributed by atoms with E-state index in [-0.39, 0.29) is 22.3 Å². The maximum atomic E-state index is 12.8. The molecule has 1 aliphatic heterocycles. The van der Waals surface area contributed by atoms with Crippen LogP contribution in [0.2, 0.25) is 5.02 Å². The number of carbonyl (C=O) groups excluding carboxylic acids is 3. The summed E-state index contributed by atoms with van der Waals surface area (Å²) in [5.74, 6) is -1.14. The number of nitro groups is 1. The van der Waals surface area contributed by atoms with Crippen LogP contribution in [0.5, 0.6) is 0 Å². The monoisotopic (exact) mass is 394 g/mol. The van der Waals surface area contributed by atoms with Gasteiger partial charge in [0.1, 0.15) is 17.8 Å². The van der Waals surface area contributed by atoms with E-state index >= 15 is 0 Å². The molecule has 1 saturated carbocycles. The van der Waals surface area contributed by atoms with Gasteiger partial charge in [0.15, 0.2) is 0 Å². The van der Waals surface area contributed by atoms with Gasteiger partial charge in [0.05, 0.1) is 4.92 Å². The van der Waals surface area contributed by atoms with E-state index in [0.717, 1.165) is 30.2 Å². The fraction of sp³-hybridized carbons (Fsp3) is 0.471. The van der Waals surface area contributed by atoms with Gasteiger partial charge in [0, 0.05) is 11.1 Å². The largest absolute Gasteiger partial charge is 0.325 e. The molecule has 2 N–H and O–H groups in total. The summed E-state index contributed by atoms with van der Waals surface area (Å²) >= 11 is 5.75. The Morgan fingerprint density at radius 1 is 1.44 bits per heavy atom. The predicted octanol–water partition coefficient (Wildman–Crippen LogP) is 2.69. The molecule has 0 radical (unpaired) electrons. The minimum absolute atomic E-state index is 0.0203. The fourth-order valence-electron chi connectivity index (χ4n) is 3.73. The lowest BCUT2D eigenvalue weighted by Crippen LogP contribution is -2.54. The number of nitrogens with one attached hydrogen (secondary N) is 2. The Balaban J connectivity index is 1.74. The number of urea groups is 1. The summed E-state index contributed by atoms with van der Waals surface area (Å²) in [6.45, 7) is 1.40. The van der Waals surface area contributed by atoms with Gasteiger partial charge >= 0.3 is 6.03 Å². The van der Waals surface area contributed by atoms with Crippen LogP contribution in [0.4, 0.5) is 16.2 Å². The van der Waals surface area contributed by atoms with E-state index in [1.807, 2.05) is 6.92 Å². The molecule has 0 bridgehead atoms. The van der Waals surface area contributed by atoms with Crippen molar-refractivity contribution in [3.05, 3.63) is 33.3 Å². The van der Waals surface area contributed by atoms with E-state index in [1.54, 1.807) is 0 Å². The van der Waals surface area contributed by atoms with Crippen molar-refractivity contribution in [2.45, 2.75) is 38.1 Å². The van der Waals surface area contributed by atoms with Crippen molar-refractivity contribution in [2.24, 2.45) is 5.92 Å². The Hall–Kier alpha value is -2.68. The third kappa shape index (κ3) is 3.46. The van der Waals surface area contributed by atoms with Crippen LogP contribution in [-0.2, 0) is 9.59 Å². The quantitative estimate of drug-likeness (QED) is 0.462. The average Bonchev–Trinajstić information content (AvgIpc) is 2.84. The van der Waals surface area contributed by atoms with Crippen molar-refractivity contribution in [3.8, 4) is 0 Å². The molecule has 1 saturated heterocycles. The van der Waals surface area contributed by atoms with Gasteiger partial charge in [-0.3, -0.25) is 24.6 Å². The zero-order valence-electron chi connectivity index (χ0n) is 14.7. The highest BCUT2D eigenvalue weighted by atomic mass is 35.5. The summed E-state index contributed by atoms with van der Waals surface area (Å²) in [4.78, 5) is 48.8. The van der Waals surface area contributed by atoms with Crippen LogP contribution in [0.1, 0.15) is 32.6 Å². The number of nitro benzene ring substituents is 1. The number of hydrogen-bond acceptors (Lipinski definition) is 5. The van der Waals surface area contributed by atoms with Crippen molar-refractivity contribution in [1.82, 2.24) is 10.2 Å². The van der Waals surface area contributed by atoms with E-state index in [4.69, 9.17) is 11.6 Å². The van der Waals surface area contributed by atoms with Crippen LogP contribution < -0.4 is 10.6 Å². The van der Waals surface area contributed by atoms with Crippen molar-refractivity contribution in [3.63, 3.8) is 0 Å². The molecule has 1 aromatic rings. The van der Waals surface area contributed by atoms with Crippen LogP contribution in [0.3, 0.4) is 0 Å². The number of hydrogen-bond donors (Lipinski definition) is 2. The van der Waals surface area contributed by atoms with Crippen LogP contribution in [-0.4, -0.2) is 39.8 Å². The third-order valence-corrected chi connectivity index (χ3v) is 5.47. The second-order valence-corrected chi connectivity index (χ2v) is 7.34. The molecule has 1 spiro atoms. The van der Waals surface area contributed by atoms with Crippen molar-refractivity contribution < 1.29 is 19.3 Å². The molecule has 2 aliphatic rings. The van der Waals surface area contributed by atoms with Gasteiger partial charge < -0.3 is 10.6 Å². The Kier molecular flexibility index (Phi) is 5.05. The molecule has 9 nitrogen and oxygen atoms in total. The molecule has 2 atom stereocenters. The lowest BCUT2D eigenvalue weighted by molar-refractivity contribution is -0.383. The average molecular weight is 395 g/mol. The van der Waals surface area contributed by atoms with Crippen LogP contribution in [0, 0.1) is 16.0 Å². The van der Waals surface area contributed by atoms with E-state index in [0.29, 0.717) is 6.42 Å². The second-order valence-electron chi connectivity index (χ2n) is 6.91. The Labute approximate surface area is 160 Å². The zero-order chi connectivity index (χ0) is 19.8. The molecule has 1 heterocycles. The lowest BCUT2D eigenvalue weighted by atomic mass is 9.73. The van der Waals surface area contributed by atoms with E-state index in [2.05, 4.69) is 10.6 Å². The first kappa shape index (κ1) is 19.1. The van der Waals surface area contributed by atoms with Gasteiger partial charge in [-0.1, -0.05) is 31.4 Å². The number of nitrogens with zero attached hydrogens (tertiary/aromatic N) is 2. The lowest BCUT2D eigenvalue weighted by Gasteiger charge is -2.36. The molecule has 0 aromatic heterocycles. The highest BCUT2D eigenvalue weighted by molar-refractivity contribution is 6.31. The van der Waals surface area contributed by atoms with E-state index in [1.165, 1.54) is 12.1 Å². The van der Waals surface area contributed by atoms with Gasteiger partial charge in [-0.2, -0.15) is 0 Å². The minimum atomic E-state index is -0.956. The maximum absolute atomic E-state index is 12.8. The first-order valence-corrected chi connectivity index (χ1v) is 9.00. The Bertz CT molecular complexity index is 830.